The lowest BCUT2D eigenvalue weighted by Gasteiger charge is -2.16. The number of aromatic nitrogens is 1. The third kappa shape index (κ3) is 1.82. The molecule has 3 N–H and O–H groups in total. The van der Waals surface area contributed by atoms with Gasteiger partial charge in [-0.3, -0.25) is 4.79 Å². The van der Waals surface area contributed by atoms with E-state index in [1.54, 1.807) is 17.7 Å². The molecule has 1 atom stereocenters. The summed E-state index contributed by atoms with van der Waals surface area (Å²) in [6.07, 6.45) is 0.863. The molecule has 100 valence electrons. The summed E-state index contributed by atoms with van der Waals surface area (Å²) in [7, 11) is 1.75. The van der Waals surface area contributed by atoms with Crippen molar-refractivity contribution in [2.24, 2.45) is 7.05 Å². The van der Waals surface area contributed by atoms with Crippen molar-refractivity contribution < 1.29 is 4.74 Å². The zero-order valence-corrected chi connectivity index (χ0v) is 11.1. The third-order valence-electron chi connectivity index (χ3n) is 3.57. The number of hydrogen-bond acceptors (Lipinski definition) is 4. The zero-order chi connectivity index (χ0) is 13.6. The molecule has 0 radical (unpaired) electrons. The Bertz CT molecular complexity index is 706. The number of hydrogen-bond donors (Lipinski definition) is 2. The molecule has 0 bridgehead atoms. The first-order valence-corrected chi connectivity index (χ1v) is 6.39. The van der Waals surface area contributed by atoms with Gasteiger partial charge in [-0.15, -0.1) is 0 Å². The first kappa shape index (κ1) is 11.9. The summed E-state index contributed by atoms with van der Waals surface area (Å²) >= 11 is 0. The van der Waals surface area contributed by atoms with Crippen molar-refractivity contribution in [2.75, 3.05) is 17.7 Å². The number of ether oxygens (including phenoxy) is 1. The molecular formula is C14H17N3O2. The van der Waals surface area contributed by atoms with Gasteiger partial charge in [0.05, 0.1) is 17.8 Å². The molecule has 1 aromatic heterocycles. The Hall–Kier alpha value is -2.17. The van der Waals surface area contributed by atoms with E-state index in [2.05, 4.69) is 12.2 Å². The van der Waals surface area contributed by atoms with Crippen molar-refractivity contribution in [3.05, 3.63) is 28.6 Å². The number of benzene rings is 1. The Morgan fingerprint density at radius 2 is 2.26 bits per heavy atom. The van der Waals surface area contributed by atoms with Gasteiger partial charge in [-0.05, 0) is 25.1 Å². The molecule has 5 heteroatoms. The Kier molecular flexibility index (Phi) is 2.62. The van der Waals surface area contributed by atoms with E-state index in [1.165, 1.54) is 0 Å². The maximum Gasteiger partial charge on any atom is 0.295 e. The normalized spacial score (nSPS) is 18.3. The molecule has 0 amide bonds. The Labute approximate surface area is 111 Å². The smallest absolute Gasteiger partial charge is 0.295 e. The number of pyridine rings is 1. The summed E-state index contributed by atoms with van der Waals surface area (Å²) < 4.78 is 7.24. The van der Waals surface area contributed by atoms with Gasteiger partial charge >= 0.3 is 0 Å². The minimum atomic E-state index is -0.117. The fraction of sp³-hybridized carbons (Fsp3) is 0.357. The maximum atomic E-state index is 12.3. The number of aryl methyl sites for hydroxylation is 1. The van der Waals surface area contributed by atoms with Crippen LogP contribution < -0.4 is 21.3 Å². The topological polar surface area (TPSA) is 69.3 Å². The van der Waals surface area contributed by atoms with E-state index in [4.69, 9.17) is 10.5 Å². The van der Waals surface area contributed by atoms with E-state index < -0.39 is 0 Å². The molecule has 1 aliphatic rings. The van der Waals surface area contributed by atoms with Gasteiger partial charge in [0.2, 0.25) is 5.75 Å². The molecule has 0 unspecified atom stereocenters. The van der Waals surface area contributed by atoms with E-state index in [0.717, 1.165) is 23.0 Å². The van der Waals surface area contributed by atoms with Crippen LogP contribution in [0.15, 0.2) is 23.0 Å². The summed E-state index contributed by atoms with van der Waals surface area (Å²) in [5, 5.41) is 4.29. The van der Waals surface area contributed by atoms with Crippen molar-refractivity contribution in [3.8, 4) is 5.75 Å². The second kappa shape index (κ2) is 4.19. The second-order valence-electron chi connectivity index (χ2n) is 5.03. The van der Waals surface area contributed by atoms with Crippen LogP contribution in [0.2, 0.25) is 0 Å². The van der Waals surface area contributed by atoms with Crippen LogP contribution in [-0.4, -0.2) is 17.2 Å². The van der Waals surface area contributed by atoms with Gasteiger partial charge in [-0.25, -0.2) is 0 Å². The first-order valence-electron chi connectivity index (χ1n) is 6.39. The molecule has 2 aromatic rings. The molecule has 19 heavy (non-hydrogen) atoms. The molecule has 3 rings (SSSR count). The fourth-order valence-electron chi connectivity index (χ4n) is 2.47. The maximum absolute atomic E-state index is 12.3. The predicted molar refractivity (Wildman–Crippen MR) is 76.8 cm³/mol. The van der Waals surface area contributed by atoms with Crippen molar-refractivity contribution >= 4 is 22.3 Å². The molecule has 0 fully saturated rings. The van der Waals surface area contributed by atoms with E-state index in [-0.39, 0.29) is 11.6 Å². The number of fused-ring (bicyclic) bond motifs is 3. The van der Waals surface area contributed by atoms with Crippen molar-refractivity contribution in [1.82, 2.24) is 4.57 Å². The standard InChI is InChI=1S/C14H17N3O2/c1-8-5-6-19-13-12(16-8)10-7-9(15)3-4-11(10)17(2)14(13)18/h3-4,7-8,16H,5-6,15H2,1-2H3/t8-/m1/s1. The molecule has 0 aliphatic carbocycles. The van der Waals surface area contributed by atoms with Gasteiger partial charge < -0.3 is 20.4 Å². The first-order chi connectivity index (χ1) is 9.08. The minimum Gasteiger partial charge on any atom is -0.486 e. The number of nitrogens with zero attached hydrogens (tertiary/aromatic N) is 1. The molecule has 1 aromatic carbocycles. The van der Waals surface area contributed by atoms with Gasteiger partial charge in [-0.1, -0.05) is 0 Å². The summed E-state index contributed by atoms with van der Waals surface area (Å²) in [4.78, 5) is 12.3. The molecule has 0 spiro atoms. The summed E-state index contributed by atoms with van der Waals surface area (Å²) in [6.45, 7) is 2.62. The lowest BCUT2D eigenvalue weighted by Crippen LogP contribution is -2.21. The SMILES string of the molecule is C[C@@H]1CCOc2c(c3cc(N)ccc3n(C)c2=O)N1. The highest BCUT2D eigenvalue weighted by Crippen LogP contribution is 2.33. The molecule has 0 saturated heterocycles. The van der Waals surface area contributed by atoms with Crippen LogP contribution in [0.25, 0.3) is 10.9 Å². The van der Waals surface area contributed by atoms with E-state index in [1.807, 2.05) is 12.1 Å². The number of nitrogen functional groups attached to an aromatic ring is 1. The summed E-state index contributed by atoms with van der Waals surface area (Å²) in [5.41, 5.74) is 8.03. The van der Waals surface area contributed by atoms with E-state index in [0.29, 0.717) is 18.0 Å². The average Bonchev–Trinajstić information content (AvgIpc) is 2.58. The van der Waals surface area contributed by atoms with E-state index >= 15 is 0 Å². The minimum absolute atomic E-state index is 0.117. The van der Waals surface area contributed by atoms with Crippen LogP contribution >= 0.6 is 0 Å². The number of rotatable bonds is 0. The van der Waals surface area contributed by atoms with Crippen LogP contribution in [0.5, 0.6) is 5.75 Å². The summed E-state index contributed by atoms with van der Waals surface area (Å²) in [5.74, 6) is 0.393. The van der Waals surface area contributed by atoms with Gasteiger partial charge in [0.25, 0.3) is 5.56 Å². The van der Waals surface area contributed by atoms with Gasteiger partial charge in [0, 0.05) is 30.6 Å². The highest BCUT2D eigenvalue weighted by molar-refractivity contribution is 5.96. The molecule has 1 aliphatic heterocycles. The zero-order valence-electron chi connectivity index (χ0n) is 11.1. The lowest BCUT2D eigenvalue weighted by molar-refractivity contribution is 0.309. The Morgan fingerprint density at radius 1 is 1.47 bits per heavy atom. The summed E-state index contributed by atoms with van der Waals surface area (Å²) in [6, 6.07) is 5.80. The highest BCUT2D eigenvalue weighted by atomic mass is 16.5. The third-order valence-corrected chi connectivity index (χ3v) is 3.57. The quantitative estimate of drug-likeness (QED) is 0.707. The predicted octanol–water partition coefficient (Wildman–Crippen LogP) is 1.70. The number of nitrogens with two attached hydrogens (primary N) is 1. The van der Waals surface area contributed by atoms with Crippen LogP contribution in [0.4, 0.5) is 11.4 Å². The molecular weight excluding hydrogens is 242 g/mol. The Balaban J connectivity index is 2.41. The average molecular weight is 259 g/mol. The monoisotopic (exact) mass is 259 g/mol. The van der Waals surface area contributed by atoms with Crippen molar-refractivity contribution in [2.45, 2.75) is 19.4 Å². The lowest BCUT2D eigenvalue weighted by atomic mass is 10.1. The van der Waals surface area contributed by atoms with Crippen molar-refractivity contribution in [1.29, 1.82) is 0 Å². The van der Waals surface area contributed by atoms with Crippen LogP contribution in [-0.2, 0) is 7.05 Å². The van der Waals surface area contributed by atoms with Crippen LogP contribution in [0, 0.1) is 0 Å². The second-order valence-corrected chi connectivity index (χ2v) is 5.03. The Morgan fingerprint density at radius 3 is 3.05 bits per heavy atom. The van der Waals surface area contributed by atoms with E-state index in [9.17, 15) is 4.79 Å². The largest absolute Gasteiger partial charge is 0.486 e. The van der Waals surface area contributed by atoms with Gasteiger partial charge in [0.1, 0.15) is 0 Å². The fourth-order valence-corrected chi connectivity index (χ4v) is 2.47. The molecule has 5 nitrogen and oxygen atoms in total. The van der Waals surface area contributed by atoms with Crippen molar-refractivity contribution in [3.63, 3.8) is 0 Å². The van der Waals surface area contributed by atoms with Gasteiger partial charge in [-0.2, -0.15) is 0 Å². The number of anilines is 2. The number of nitrogens with one attached hydrogen (secondary N) is 1. The molecule has 0 saturated carbocycles. The van der Waals surface area contributed by atoms with Gasteiger partial charge in [0.15, 0.2) is 0 Å². The highest BCUT2D eigenvalue weighted by Gasteiger charge is 2.21. The van der Waals surface area contributed by atoms with Crippen LogP contribution in [0.3, 0.4) is 0 Å². The molecule has 2 heterocycles. The van der Waals surface area contributed by atoms with Crippen LogP contribution in [0.1, 0.15) is 13.3 Å².